The summed E-state index contributed by atoms with van der Waals surface area (Å²) in [5.41, 5.74) is 0.745. The lowest BCUT2D eigenvalue weighted by Crippen LogP contribution is -2.10. The summed E-state index contributed by atoms with van der Waals surface area (Å²) in [6.07, 6.45) is 2.30. The van der Waals surface area contributed by atoms with Crippen LogP contribution in [-0.2, 0) is 11.2 Å². The molecule has 0 saturated heterocycles. The lowest BCUT2D eigenvalue weighted by atomic mass is 10.2. The van der Waals surface area contributed by atoms with Gasteiger partial charge in [0.2, 0.25) is 4.77 Å². The minimum atomic E-state index is -1.06. The number of carboxylic acid groups (broad SMARTS) is 1. The first kappa shape index (κ1) is 16.7. The Bertz CT molecular complexity index is 781. The molecule has 0 aliphatic carbocycles. The number of aromatic amines is 1. The molecule has 2 rings (SSSR count). The summed E-state index contributed by atoms with van der Waals surface area (Å²) >= 11 is 5.11. The van der Waals surface area contributed by atoms with E-state index in [9.17, 15) is 4.79 Å². The molecule has 1 heterocycles. The van der Waals surface area contributed by atoms with E-state index in [1.165, 1.54) is 11.8 Å². The summed E-state index contributed by atoms with van der Waals surface area (Å²) in [6.45, 7) is 1.52. The number of benzene rings is 1. The highest BCUT2D eigenvalue weighted by molar-refractivity contribution is 7.71. The number of nitrogens with one attached hydrogen (secondary N) is 1. The summed E-state index contributed by atoms with van der Waals surface area (Å²) in [5, 5.41) is 19.7. The molecule has 0 saturated carbocycles. The van der Waals surface area contributed by atoms with Gasteiger partial charge in [-0.2, -0.15) is 14.9 Å². The Kier molecular flexibility index (Phi) is 5.47. The molecule has 0 aliphatic heterocycles. The van der Waals surface area contributed by atoms with Crippen molar-refractivity contribution in [1.82, 2.24) is 14.9 Å². The zero-order chi connectivity index (χ0) is 16.8. The van der Waals surface area contributed by atoms with E-state index in [0.717, 1.165) is 11.4 Å². The van der Waals surface area contributed by atoms with Crippen LogP contribution in [0.25, 0.3) is 0 Å². The van der Waals surface area contributed by atoms with Gasteiger partial charge in [0.05, 0.1) is 13.3 Å². The van der Waals surface area contributed by atoms with Gasteiger partial charge in [0.25, 0.3) is 0 Å². The van der Waals surface area contributed by atoms with Gasteiger partial charge >= 0.3 is 5.97 Å². The van der Waals surface area contributed by atoms with E-state index < -0.39 is 12.6 Å². The smallest absolute Gasteiger partial charge is 0.341 e. The fourth-order valence-corrected chi connectivity index (χ4v) is 2.02. The van der Waals surface area contributed by atoms with Gasteiger partial charge in [-0.05, 0) is 36.0 Å². The molecular weight excluding hydrogens is 320 g/mol. The van der Waals surface area contributed by atoms with Gasteiger partial charge in [0, 0.05) is 6.42 Å². The van der Waals surface area contributed by atoms with Gasteiger partial charge in [-0.1, -0.05) is 6.92 Å². The Balaban J connectivity index is 2.23. The fourth-order valence-electron chi connectivity index (χ4n) is 1.82. The maximum atomic E-state index is 10.6. The van der Waals surface area contributed by atoms with Crippen LogP contribution in [0.1, 0.15) is 18.3 Å². The van der Waals surface area contributed by atoms with Crippen LogP contribution in [0.3, 0.4) is 0 Å². The van der Waals surface area contributed by atoms with E-state index in [-0.39, 0.29) is 0 Å². The van der Waals surface area contributed by atoms with Crippen molar-refractivity contribution in [2.45, 2.75) is 13.3 Å². The van der Waals surface area contributed by atoms with Crippen molar-refractivity contribution in [1.29, 1.82) is 0 Å². The van der Waals surface area contributed by atoms with Gasteiger partial charge < -0.3 is 14.6 Å². The molecule has 9 heteroatoms. The SMILES string of the molecule is CCc1n[nH]c(=S)n1/N=C\c1ccc(OCC(=O)O)c(OC)c1. The van der Waals surface area contributed by atoms with Crippen LogP contribution in [0, 0.1) is 4.77 Å². The quantitative estimate of drug-likeness (QED) is 0.591. The molecule has 0 aliphatic rings. The highest BCUT2D eigenvalue weighted by Crippen LogP contribution is 2.27. The zero-order valence-electron chi connectivity index (χ0n) is 12.6. The molecule has 0 amide bonds. The first-order chi connectivity index (χ1) is 11.0. The molecule has 0 spiro atoms. The lowest BCUT2D eigenvalue weighted by molar-refractivity contribution is -0.139. The lowest BCUT2D eigenvalue weighted by Gasteiger charge is -2.09. The van der Waals surface area contributed by atoms with Gasteiger partial charge in [-0.15, -0.1) is 0 Å². The molecule has 2 aromatic rings. The highest BCUT2D eigenvalue weighted by atomic mass is 32.1. The van der Waals surface area contributed by atoms with Crippen molar-refractivity contribution >= 4 is 24.4 Å². The topological polar surface area (TPSA) is 102 Å². The van der Waals surface area contributed by atoms with Crippen LogP contribution in [0.15, 0.2) is 23.3 Å². The number of nitrogens with zero attached hydrogens (tertiary/aromatic N) is 3. The number of aliphatic carboxylic acids is 1. The second-order valence-corrected chi connectivity index (χ2v) is 4.83. The van der Waals surface area contributed by atoms with E-state index in [0.29, 0.717) is 22.7 Å². The number of ether oxygens (including phenoxy) is 2. The number of H-pyrrole nitrogens is 1. The Morgan fingerprint density at radius 3 is 2.96 bits per heavy atom. The van der Waals surface area contributed by atoms with Crippen molar-refractivity contribution in [2.75, 3.05) is 13.7 Å². The summed E-state index contributed by atoms with van der Waals surface area (Å²) in [4.78, 5) is 10.6. The number of carboxylic acids is 1. The summed E-state index contributed by atoms with van der Waals surface area (Å²) in [5.74, 6) is 0.432. The molecular formula is C14H16N4O4S. The minimum absolute atomic E-state index is 0.348. The van der Waals surface area contributed by atoms with Crippen LogP contribution in [0.2, 0.25) is 0 Å². The second kappa shape index (κ2) is 7.54. The Labute approximate surface area is 137 Å². The first-order valence-electron chi connectivity index (χ1n) is 6.78. The number of hydrogen-bond donors (Lipinski definition) is 2. The minimum Gasteiger partial charge on any atom is -0.493 e. The molecule has 1 aromatic heterocycles. The van der Waals surface area contributed by atoms with Crippen molar-refractivity contribution in [3.8, 4) is 11.5 Å². The molecule has 0 unspecified atom stereocenters. The Hall–Kier alpha value is -2.68. The van der Waals surface area contributed by atoms with Crippen molar-refractivity contribution in [3.05, 3.63) is 34.4 Å². The van der Waals surface area contributed by atoms with Gasteiger partial charge in [-0.25, -0.2) is 4.79 Å². The largest absolute Gasteiger partial charge is 0.493 e. The second-order valence-electron chi connectivity index (χ2n) is 4.45. The molecule has 1 aromatic carbocycles. The summed E-state index contributed by atoms with van der Waals surface area (Å²) < 4.78 is 12.3. The number of carbonyl (C=O) groups is 1. The van der Waals surface area contributed by atoms with E-state index in [4.69, 9.17) is 26.8 Å². The van der Waals surface area contributed by atoms with Gasteiger partial charge in [0.15, 0.2) is 23.9 Å². The van der Waals surface area contributed by atoms with E-state index in [1.54, 1.807) is 24.4 Å². The van der Waals surface area contributed by atoms with Crippen molar-refractivity contribution < 1.29 is 19.4 Å². The highest BCUT2D eigenvalue weighted by Gasteiger charge is 2.07. The third kappa shape index (κ3) is 4.16. The number of methoxy groups -OCH3 is 1. The van der Waals surface area contributed by atoms with E-state index in [2.05, 4.69) is 15.3 Å². The normalized spacial score (nSPS) is 10.9. The fraction of sp³-hybridized carbons (Fsp3) is 0.286. The van der Waals surface area contributed by atoms with E-state index >= 15 is 0 Å². The monoisotopic (exact) mass is 336 g/mol. The molecule has 8 nitrogen and oxygen atoms in total. The number of aromatic nitrogens is 3. The standard InChI is InChI=1S/C14H16N4O4S/c1-3-12-16-17-14(23)18(12)15-7-9-4-5-10(11(6-9)21-2)22-8-13(19)20/h4-7H,3,8H2,1-2H3,(H,17,23)(H,19,20)/b15-7-. The van der Waals surface area contributed by atoms with Crippen LogP contribution in [0.4, 0.5) is 0 Å². The Morgan fingerprint density at radius 2 is 2.30 bits per heavy atom. The van der Waals surface area contributed by atoms with E-state index in [1.807, 2.05) is 6.92 Å². The van der Waals surface area contributed by atoms with Crippen LogP contribution in [-0.4, -0.2) is 45.9 Å². The predicted molar refractivity (Wildman–Crippen MR) is 85.9 cm³/mol. The van der Waals surface area contributed by atoms with Crippen LogP contribution < -0.4 is 9.47 Å². The summed E-state index contributed by atoms with van der Waals surface area (Å²) in [6, 6.07) is 5.05. The number of rotatable bonds is 7. The molecule has 122 valence electrons. The number of hydrogen-bond acceptors (Lipinski definition) is 6. The zero-order valence-corrected chi connectivity index (χ0v) is 13.5. The average Bonchev–Trinajstić information content (AvgIpc) is 2.91. The average molecular weight is 336 g/mol. The van der Waals surface area contributed by atoms with Crippen molar-refractivity contribution in [2.24, 2.45) is 5.10 Å². The maximum Gasteiger partial charge on any atom is 0.341 e. The van der Waals surface area contributed by atoms with Gasteiger partial charge in [0.1, 0.15) is 0 Å². The Morgan fingerprint density at radius 1 is 1.52 bits per heavy atom. The summed E-state index contributed by atoms with van der Waals surface area (Å²) in [7, 11) is 1.48. The predicted octanol–water partition coefficient (Wildman–Crippen LogP) is 1.86. The first-order valence-corrected chi connectivity index (χ1v) is 7.19. The number of aryl methyl sites for hydroxylation is 1. The van der Waals surface area contributed by atoms with Crippen molar-refractivity contribution in [3.63, 3.8) is 0 Å². The molecule has 23 heavy (non-hydrogen) atoms. The van der Waals surface area contributed by atoms with Gasteiger partial charge in [-0.3, -0.25) is 5.10 Å². The van der Waals surface area contributed by atoms with Crippen LogP contribution in [0.5, 0.6) is 11.5 Å². The molecule has 0 atom stereocenters. The molecule has 0 fully saturated rings. The molecule has 0 bridgehead atoms. The third-order valence-electron chi connectivity index (χ3n) is 2.89. The third-order valence-corrected chi connectivity index (χ3v) is 3.16. The van der Waals surface area contributed by atoms with Crippen LogP contribution >= 0.6 is 12.2 Å². The molecule has 0 radical (unpaired) electrons. The maximum absolute atomic E-state index is 10.6. The molecule has 2 N–H and O–H groups in total.